The van der Waals surface area contributed by atoms with Gasteiger partial charge >= 0.3 is 0 Å². The number of carbonyl (C=O) groups is 4. The van der Waals surface area contributed by atoms with Gasteiger partial charge in [-0.2, -0.15) is 4.98 Å². The average Bonchev–Trinajstić information content (AvgIpc) is 3.59. The van der Waals surface area contributed by atoms with Crippen LogP contribution in [0.25, 0.3) is 10.9 Å². The third-order valence-electron chi connectivity index (χ3n) is 13.6. The van der Waals surface area contributed by atoms with Crippen molar-refractivity contribution in [2.75, 3.05) is 55.0 Å². The van der Waals surface area contributed by atoms with E-state index in [1.54, 1.807) is 21.7 Å². The molecule has 17 nitrogen and oxygen atoms in total. The molecule has 344 valence electrons. The van der Waals surface area contributed by atoms with Crippen LogP contribution in [0.1, 0.15) is 88.2 Å². The number of fused-ring (bicyclic) bond motifs is 2. The number of hydrogen-bond acceptors (Lipinski definition) is 13. The Kier molecular flexibility index (Phi) is 12.5. The van der Waals surface area contributed by atoms with Crippen LogP contribution in [0.4, 0.5) is 23.1 Å². The summed E-state index contributed by atoms with van der Waals surface area (Å²) >= 11 is 6.61. The number of likely N-dealkylation sites (N-methyl/N-ethyl adjacent to an activating group) is 1. The van der Waals surface area contributed by atoms with Crippen LogP contribution >= 0.6 is 11.6 Å². The zero-order chi connectivity index (χ0) is 45.7. The first kappa shape index (κ1) is 44.4. The lowest BCUT2D eigenvalue weighted by molar-refractivity contribution is -0.137. The molecule has 1 saturated carbocycles. The number of nitrogens with one attached hydrogen (secondary N) is 3. The summed E-state index contributed by atoms with van der Waals surface area (Å²) in [5.74, 6) is -0.0159. The Morgan fingerprint density at radius 2 is 1.72 bits per heavy atom. The zero-order valence-corrected chi connectivity index (χ0v) is 38.3. The third-order valence-corrected chi connectivity index (χ3v) is 13.9. The van der Waals surface area contributed by atoms with Gasteiger partial charge in [0.05, 0.1) is 23.9 Å². The predicted molar refractivity (Wildman–Crippen MR) is 247 cm³/mol. The van der Waals surface area contributed by atoms with Crippen LogP contribution in [0.2, 0.25) is 5.02 Å². The minimum atomic E-state index is -0.622. The summed E-state index contributed by atoms with van der Waals surface area (Å²) < 4.78 is 13.9. The van der Waals surface area contributed by atoms with Gasteiger partial charge in [-0.15, -0.1) is 0 Å². The summed E-state index contributed by atoms with van der Waals surface area (Å²) in [5.41, 5.74) is 3.79. The molecule has 0 spiro atoms. The molecule has 18 heteroatoms. The van der Waals surface area contributed by atoms with Gasteiger partial charge in [0.2, 0.25) is 17.8 Å². The van der Waals surface area contributed by atoms with E-state index in [0.29, 0.717) is 47.0 Å². The first-order valence-electron chi connectivity index (χ1n) is 22.8. The van der Waals surface area contributed by atoms with E-state index in [0.717, 1.165) is 74.0 Å². The number of amides is 4. The second-order valence-corrected chi connectivity index (χ2v) is 18.8. The van der Waals surface area contributed by atoms with Crippen LogP contribution in [0.3, 0.4) is 0 Å². The van der Waals surface area contributed by atoms with Gasteiger partial charge in [-0.05, 0) is 108 Å². The maximum atomic E-state index is 13.3. The quantitative estimate of drug-likeness (QED) is 0.166. The molecular formula is C47H57ClN10O7. The largest absolute Gasteiger partial charge is 0.478 e. The van der Waals surface area contributed by atoms with E-state index in [1.165, 1.54) is 7.05 Å². The molecule has 4 aromatic rings. The van der Waals surface area contributed by atoms with E-state index in [2.05, 4.69) is 55.5 Å². The first-order valence-corrected chi connectivity index (χ1v) is 23.1. The van der Waals surface area contributed by atoms with Gasteiger partial charge in [-0.3, -0.25) is 34.2 Å². The van der Waals surface area contributed by atoms with Crippen molar-refractivity contribution < 1.29 is 28.7 Å². The van der Waals surface area contributed by atoms with Crippen molar-refractivity contribution in [3.8, 4) is 5.75 Å². The van der Waals surface area contributed by atoms with Gasteiger partial charge in [-0.25, -0.2) is 4.98 Å². The van der Waals surface area contributed by atoms with Crippen molar-refractivity contribution in [2.45, 2.75) is 115 Å². The van der Waals surface area contributed by atoms with Crippen LogP contribution in [0.5, 0.6) is 5.75 Å². The number of anilines is 4. The molecule has 4 fully saturated rings. The molecule has 0 radical (unpaired) electrons. The standard InChI is InChI=1S/C47H57ClN10O7/c1-26(2)57-38-9-6-31(16-29(38)18-40(46(57)63)64-25-42(60)49-5)51-43-37(48)21-50-47(53-43)54-14-12-34(13-15-54)65-35-19-33(20-35)55-22-27(3)58(28(4)23-55)32-7-8-36-30(17-32)24-56(45(36)62)39-10-11-41(59)52-44(39)61/h6-9,16-18,21,26-28,33-35,39H,10-15,19-20,22-25H2,1-5H3,(H,49,60)(H,50,51,53)(H,52,59,61)/t27-,28-,33?,35?,39?/m1/s1. The maximum absolute atomic E-state index is 13.3. The van der Waals surface area contributed by atoms with Crippen molar-refractivity contribution in [3.63, 3.8) is 0 Å². The minimum absolute atomic E-state index is 0.0933. The minimum Gasteiger partial charge on any atom is -0.478 e. The predicted octanol–water partition coefficient (Wildman–Crippen LogP) is 4.77. The average molecular weight is 909 g/mol. The van der Waals surface area contributed by atoms with Gasteiger partial charge in [0.25, 0.3) is 17.4 Å². The van der Waals surface area contributed by atoms with Crippen molar-refractivity contribution in [1.82, 2.24) is 35.0 Å². The molecule has 3 saturated heterocycles. The third kappa shape index (κ3) is 8.97. The van der Waals surface area contributed by atoms with Crippen molar-refractivity contribution in [2.24, 2.45) is 0 Å². The van der Waals surface area contributed by atoms with Crippen molar-refractivity contribution >= 4 is 69.3 Å². The molecule has 1 unspecified atom stereocenters. The molecule has 5 aliphatic rings. The second-order valence-electron chi connectivity index (χ2n) is 18.4. The number of halogens is 1. The number of carbonyl (C=O) groups excluding carboxylic acids is 4. The number of ether oxygens (including phenoxy) is 2. The number of piperazine rings is 1. The molecule has 4 aliphatic heterocycles. The summed E-state index contributed by atoms with van der Waals surface area (Å²) in [6.07, 6.45) is 6.37. The summed E-state index contributed by atoms with van der Waals surface area (Å²) in [6, 6.07) is 13.6. The molecule has 3 atom stereocenters. The summed E-state index contributed by atoms with van der Waals surface area (Å²) in [5, 5.41) is 9.36. The highest BCUT2D eigenvalue weighted by molar-refractivity contribution is 6.33. The van der Waals surface area contributed by atoms with Gasteiger partial charge in [-0.1, -0.05) is 11.6 Å². The lowest BCUT2D eigenvalue weighted by Gasteiger charge is -2.52. The smallest absolute Gasteiger partial charge is 0.293 e. The number of pyridine rings is 1. The van der Waals surface area contributed by atoms with Crippen LogP contribution in [-0.4, -0.2) is 124 Å². The highest BCUT2D eigenvalue weighted by atomic mass is 35.5. The molecular weight excluding hydrogens is 852 g/mol. The number of rotatable bonds is 12. The number of nitrogens with zero attached hydrogens (tertiary/aromatic N) is 7. The van der Waals surface area contributed by atoms with E-state index in [-0.39, 0.29) is 72.4 Å². The lowest BCUT2D eigenvalue weighted by atomic mass is 9.86. The monoisotopic (exact) mass is 908 g/mol. The highest BCUT2D eigenvalue weighted by Crippen LogP contribution is 2.37. The Hall–Kier alpha value is -5.78. The maximum Gasteiger partial charge on any atom is 0.293 e. The molecule has 2 aromatic heterocycles. The molecule has 4 amide bonds. The number of hydrogen-bond donors (Lipinski definition) is 3. The van der Waals surface area contributed by atoms with Gasteiger partial charge < -0.3 is 39.4 Å². The summed E-state index contributed by atoms with van der Waals surface area (Å²) in [6.45, 7) is 11.9. The van der Waals surface area contributed by atoms with E-state index in [4.69, 9.17) is 26.1 Å². The Morgan fingerprint density at radius 1 is 0.969 bits per heavy atom. The fraction of sp³-hybridized carbons (Fsp3) is 0.511. The second kappa shape index (κ2) is 18.2. The molecule has 0 bridgehead atoms. The molecule has 9 rings (SSSR count). The van der Waals surface area contributed by atoms with E-state index in [1.807, 2.05) is 44.2 Å². The van der Waals surface area contributed by atoms with E-state index < -0.39 is 11.9 Å². The molecule has 6 heterocycles. The van der Waals surface area contributed by atoms with E-state index >= 15 is 0 Å². The fourth-order valence-electron chi connectivity index (χ4n) is 10.3. The number of imide groups is 1. The van der Waals surface area contributed by atoms with Crippen LogP contribution < -0.4 is 36.0 Å². The Bertz CT molecular complexity index is 2560. The summed E-state index contributed by atoms with van der Waals surface area (Å²) in [7, 11) is 1.52. The van der Waals surface area contributed by atoms with Crippen LogP contribution in [-0.2, 0) is 25.7 Å². The molecule has 3 N–H and O–H groups in total. The first-order chi connectivity index (χ1) is 31.2. The SMILES string of the molecule is CNC(=O)COc1cc2cc(Nc3nc(N4CCC(OC5CC(N6C[C@@H](C)N(c7ccc8c(c7)CN(C7CCC(=O)NC7=O)C8=O)[C@H](C)C6)C5)CC4)ncc3Cl)ccc2n(C(C)C)c1=O. The van der Waals surface area contributed by atoms with Crippen molar-refractivity contribution in [1.29, 1.82) is 0 Å². The topological polar surface area (TPSA) is 184 Å². The Morgan fingerprint density at radius 3 is 2.43 bits per heavy atom. The van der Waals surface area contributed by atoms with Crippen LogP contribution in [0.15, 0.2) is 53.5 Å². The van der Waals surface area contributed by atoms with E-state index in [9.17, 15) is 24.0 Å². The van der Waals surface area contributed by atoms with Gasteiger partial charge in [0.1, 0.15) is 11.1 Å². The number of benzene rings is 2. The fourth-order valence-corrected chi connectivity index (χ4v) is 10.4. The highest BCUT2D eigenvalue weighted by Gasteiger charge is 2.42. The Labute approximate surface area is 382 Å². The lowest BCUT2D eigenvalue weighted by Crippen LogP contribution is -2.62. The molecule has 65 heavy (non-hydrogen) atoms. The number of piperidine rings is 2. The van der Waals surface area contributed by atoms with Crippen LogP contribution in [0, 0.1) is 0 Å². The Balaban J connectivity index is 0.759. The summed E-state index contributed by atoms with van der Waals surface area (Å²) in [4.78, 5) is 80.9. The van der Waals surface area contributed by atoms with Gasteiger partial charge in [0, 0.05) is 92.7 Å². The molecule has 1 aliphatic carbocycles. The molecule has 2 aromatic carbocycles. The normalized spacial score (nSPS) is 24.0. The van der Waals surface area contributed by atoms with Gasteiger partial charge in [0.15, 0.2) is 18.2 Å². The van der Waals surface area contributed by atoms with Crippen molar-refractivity contribution in [3.05, 3.63) is 75.2 Å². The number of aromatic nitrogens is 3. The zero-order valence-electron chi connectivity index (χ0n) is 37.5.